The van der Waals surface area contributed by atoms with Crippen LogP contribution in [-0.4, -0.2) is 43.0 Å². The van der Waals surface area contributed by atoms with Gasteiger partial charge in [0.05, 0.1) is 11.6 Å². The standard InChI is InChI=1S/C25H24N2O6/c26-16-25(10-4-1-5-11-25)27-22(28)15-33-24(30)19-7-3-2-6-18(19)23(29)17-8-9-20-21(14-17)32-13-12-31-20/h2-3,6-9,14H,1,4-5,10-13,15H2,(H,27,28). The van der Waals surface area contributed by atoms with E-state index in [9.17, 15) is 19.6 Å². The number of nitrogens with one attached hydrogen (secondary N) is 1. The number of rotatable bonds is 6. The van der Waals surface area contributed by atoms with Crippen LogP contribution in [0.15, 0.2) is 42.5 Å². The van der Waals surface area contributed by atoms with Crippen molar-refractivity contribution in [3.05, 3.63) is 59.2 Å². The smallest absolute Gasteiger partial charge is 0.339 e. The normalized spacial score (nSPS) is 16.2. The molecule has 1 saturated carbocycles. The Morgan fingerprint density at radius 3 is 2.39 bits per heavy atom. The molecule has 33 heavy (non-hydrogen) atoms. The van der Waals surface area contributed by atoms with E-state index in [1.807, 2.05) is 0 Å². The van der Waals surface area contributed by atoms with Gasteiger partial charge in [0.2, 0.25) is 0 Å². The lowest BCUT2D eigenvalue weighted by atomic mass is 9.83. The van der Waals surface area contributed by atoms with Gasteiger partial charge < -0.3 is 19.5 Å². The molecule has 2 aromatic carbocycles. The Hall–Kier alpha value is -3.86. The van der Waals surface area contributed by atoms with Crippen LogP contribution in [0.1, 0.15) is 58.4 Å². The Kier molecular flexibility index (Phi) is 6.59. The Balaban J connectivity index is 1.44. The molecule has 0 saturated heterocycles. The summed E-state index contributed by atoms with van der Waals surface area (Å²) in [4.78, 5) is 38.2. The second-order valence-electron chi connectivity index (χ2n) is 8.11. The minimum absolute atomic E-state index is 0.0536. The van der Waals surface area contributed by atoms with Gasteiger partial charge in [0.1, 0.15) is 18.8 Å². The Bertz CT molecular complexity index is 1110. The SMILES string of the molecule is N#CC1(NC(=O)COC(=O)c2ccccc2C(=O)c2ccc3c(c2)OCCO3)CCCCC1. The average molecular weight is 448 g/mol. The van der Waals surface area contributed by atoms with Crippen molar-refractivity contribution in [2.24, 2.45) is 0 Å². The van der Waals surface area contributed by atoms with Gasteiger partial charge in [0, 0.05) is 11.1 Å². The molecule has 0 unspecified atom stereocenters. The van der Waals surface area contributed by atoms with Gasteiger partial charge in [0.15, 0.2) is 23.9 Å². The van der Waals surface area contributed by atoms with Gasteiger partial charge >= 0.3 is 5.97 Å². The van der Waals surface area contributed by atoms with Crippen LogP contribution in [0.25, 0.3) is 0 Å². The summed E-state index contributed by atoms with van der Waals surface area (Å²) in [6.07, 6.45) is 3.92. The molecule has 1 amide bonds. The van der Waals surface area contributed by atoms with Gasteiger partial charge in [-0.25, -0.2) is 4.79 Å². The van der Waals surface area contributed by atoms with Crippen LogP contribution in [0.5, 0.6) is 11.5 Å². The van der Waals surface area contributed by atoms with Crippen molar-refractivity contribution in [1.29, 1.82) is 5.26 Å². The summed E-state index contributed by atoms with van der Waals surface area (Å²) in [5, 5.41) is 12.2. The van der Waals surface area contributed by atoms with E-state index >= 15 is 0 Å². The highest BCUT2D eigenvalue weighted by Crippen LogP contribution is 2.32. The van der Waals surface area contributed by atoms with E-state index in [0.29, 0.717) is 43.1 Å². The molecule has 4 rings (SSSR count). The first-order valence-electron chi connectivity index (χ1n) is 10.9. The molecular formula is C25H24N2O6. The number of amides is 1. The van der Waals surface area contributed by atoms with Crippen molar-refractivity contribution in [2.75, 3.05) is 19.8 Å². The molecule has 0 aromatic heterocycles. The zero-order chi connectivity index (χ0) is 23.3. The lowest BCUT2D eigenvalue weighted by Gasteiger charge is -2.31. The van der Waals surface area contributed by atoms with Crippen LogP contribution in [0, 0.1) is 11.3 Å². The average Bonchev–Trinajstić information content (AvgIpc) is 2.87. The van der Waals surface area contributed by atoms with Crippen molar-refractivity contribution in [2.45, 2.75) is 37.6 Å². The maximum atomic E-state index is 13.1. The summed E-state index contributed by atoms with van der Waals surface area (Å²) < 4.78 is 16.2. The molecular weight excluding hydrogens is 424 g/mol. The lowest BCUT2D eigenvalue weighted by Crippen LogP contribution is -2.50. The molecule has 1 N–H and O–H groups in total. The van der Waals surface area contributed by atoms with E-state index in [-0.39, 0.29) is 16.9 Å². The Morgan fingerprint density at radius 2 is 1.67 bits per heavy atom. The summed E-state index contributed by atoms with van der Waals surface area (Å²) >= 11 is 0. The number of nitrogens with zero attached hydrogens (tertiary/aromatic N) is 1. The Labute approximate surface area is 191 Å². The number of fused-ring (bicyclic) bond motifs is 1. The number of nitriles is 1. The molecule has 8 heteroatoms. The largest absolute Gasteiger partial charge is 0.486 e. The number of esters is 1. The molecule has 0 atom stereocenters. The fraction of sp³-hybridized carbons (Fsp3) is 0.360. The van der Waals surface area contributed by atoms with E-state index in [1.165, 1.54) is 12.1 Å². The minimum Gasteiger partial charge on any atom is -0.486 e. The van der Waals surface area contributed by atoms with Crippen LogP contribution in [-0.2, 0) is 9.53 Å². The third kappa shape index (κ3) is 4.98. The van der Waals surface area contributed by atoms with Crippen LogP contribution < -0.4 is 14.8 Å². The van der Waals surface area contributed by atoms with Gasteiger partial charge in [-0.15, -0.1) is 0 Å². The van der Waals surface area contributed by atoms with Crippen LogP contribution in [0.4, 0.5) is 0 Å². The summed E-state index contributed by atoms with van der Waals surface area (Å²) in [5.41, 5.74) is -0.364. The van der Waals surface area contributed by atoms with Crippen molar-refractivity contribution in [1.82, 2.24) is 5.32 Å². The molecule has 0 spiro atoms. The Morgan fingerprint density at radius 1 is 0.970 bits per heavy atom. The van der Waals surface area contributed by atoms with Gasteiger partial charge in [-0.2, -0.15) is 5.26 Å². The molecule has 1 fully saturated rings. The summed E-state index contributed by atoms with van der Waals surface area (Å²) in [5.74, 6) is -0.680. The van der Waals surface area contributed by atoms with E-state index in [0.717, 1.165) is 19.3 Å². The fourth-order valence-electron chi connectivity index (χ4n) is 4.13. The van der Waals surface area contributed by atoms with E-state index in [4.69, 9.17) is 14.2 Å². The number of hydrogen-bond donors (Lipinski definition) is 1. The first-order chi connectivity index (χ1) is 16.0. The van der Waals surface area contributed by atoms with Crippen molar-refractivity contribution < 1.29 is 28.6 Å². The number of carbonyl (C=O) groups is 3. The van der Waals surface area contributed by atoms with Crippen LogP contribution in [0.2, 0.25) is 0 Å². The number of ketones is 1. The molecule has 2 aromatic rings. The highest BCUT2D eigenvalue weighted by Gasteiger charge is 2.34. The van der Waals surface area contributed by atoms with Crippen molar-refractivity contribution in [3.8, 4) is 17.6 Å². The quantitative estimate of drug-likeness (QED) is 0.533. The number of benzene rings is 2. The summed E-state index contributed by atoms with van der Waals surface area (Å²) in [7, 11) is 0. The summed E-state index contributed by atoms with van der Waals surface area (Å²) in [6, 6.07) is 13.3. The highest BCUT2D eigenvalue weighted by molar-refractivity contribution is 6.14. The topological polar surface area (TPSA) is 115 Å². The fourth-order valence-corrected chi connectivity index (χ4v) is 4.13. The lowest BCUT2D eigenvalue weighted by molar-refractivity contribution is -0.125. The van der Waals surface area contributed by atoms with Crippen molar-refractivity contribution >= 4 is 17.7 Å². The zero-order valence-electron chi connectivity index (χ0n) is 18.1. The third-order valence-electron chi connectivity index (χ3n) is 5.83. The highest BCUT2D eigenvalue weighted by atomic mass is 16.6. The van der Waals surface area contributed by atoms with Gasteiger partial charge in [-0.3, -0.25) is 9.59 Å². The molecule has 1 heterocycles. The maximum absolute atomic E-state index is 13.1. The van der Waals surface area contributed by atoms with E-state index in [2.05, 4.69) is 11.4 Å². The maximum Gasteiger partial charge on any atom is 0.339 e. The third-order valence-corrected chi connectivity index (χ3v) is 5.83. The van der Waals surface area contributed by atoms with E-state index < -0.39 is 24.0 Å². The molecule has 1 aliphatic heterocycles. The van der Waals surface area contributed by atoms with E-state index in [1.54, 1.807) is 30.3 Å². The van der Waals surface area contributed by atoms with Gasteiger partial charge in [0.25, 0.3) is 5.91 Å². The molecule has 8 nitrogen and oxygen atoms in total. The minimum atomic E-state index is -0.909. The van der Waals surface area contributed by atoms with Crippen molar-refractivity contribution in [3.63, 3.8) is 0 Å². The molecule has 0 radical (unpaired) electrons. The molecule has 170 valence electrons. The zero-order valence-corrected chi connectivity index (χ0v) is 18.1. The van der Waals surface area contributed by atoms with Crippen LogP contribution >= 0.6 is 0 Å². The van der Waals surface area contributed by atoms with Gasteiger partial charge in [-0.1, -0.05) is 37.5 Å². The second-order valence-corrected chi connectivity index (χ2v) is 8.11. The molecule has 1 aliphatic carbocycles. The number of ether oxygens (including phenoxy) is 3. The molecule has 0 bridgehead atoms. The number of carbonyl (C=O) groups excluding carboxylic acids is 3. The first kappa shape index (κ1) is 22.3. The summed E-state index contributed by atoms with van der Waals surface area (Å²) in [6.45, 7) is 0.301. The second kappa shape index (κ2) is 9.74. The predicted octanol–water partition coefficient (Wildman–Crippen LogP) is 3.19. The number of hydrogen-bond acceptors (Lipinski definition) is 7. The predicted molar refractivity (Wildman–Crippen MR) is 117 cm³/mol. The van der Waals surface area contributed by atoms with Gasteiger partial charge in [-0.05, 0) is 37.1 Å². The molecule has 2 aliphatic rings. The first-order valence-corrected chi connectivity index (χ1v) is 10.9. The monoisotopic (exact) mass is 448 g/mol. The van der Waals surface area contributed by atoms with Crippen LogP contribution in [0.3, 0.4) is 0 Å².